The average molecular weight is 652 g/mol. The molecule has 0 spiro atoms. The van der Waals surface area contributed by atoms with Crippen molar-refractivity contribution < 1.29 is 37.2 Å². The number of carbonyl (C=O) groups excluding carboxylic acids is 3. The molecule has 0 bridgehead atoms. The van der Waals surface area contributed by atoms with Gasteiger partial charge in [0.2, 0.25) is 17.3 Å². The Labute approximate surface area is 264 Å². The summed E-state index contributed by atoms with van der Waals surface area (Å²) in [6, 6.07) is 13.7. The second kappa shape index (κ2) is 17.3. The number of alkyl carbamates (subject to hydrolysis) is 1. The smallest absolute Gasteiger partial charge is 0.408 e. The zero-order valence-electron chi connectivity index (χ0n) is 24.9. The maximum atomic E-state index is 13.5. The third kappa shape index (κ3) is 12.1. The molecule has 3 rings (SSSR count). The van der Waals surface area contributed by atoms with Crippen LogP contribution in [0.15, 0.2) is 54.6 Å². The van der Waals surface area contributed by atoms with Crippen LogP contribution in [-0.4, -0.2) is 72.0 Å². The number of nitrogens with zero attached hydrogens (tertiary/aromatic N) is 1. The van der Waals surface area contributed by atoms with Gasteiger partial charge in [0.1, 0.15) is 12.6 Å². The van der Waals surface area contributed by atoms with Gasteiger partial charge in [-0.3, -0.25) is 14.1 Å². The van der Waals surface area contributed by atoms with Crippen LogP contribution in [-0.2, 0) is 37.5 Å². The topological polar surface area (TPSA) is 162 Å². The average Bonchev–Trinajstić information content (AvgIpc) is 3.00. The van der Waals surface area contributed by atoms with E-state index in [2.05, 4.69) is 10.6 Å². The SMILES string of the molecule is CN(CCc1ccccc1)C(=O)CC[C@H](NC(=O)[C@H](CC1CCCCC1)NC(=O)OCc1cccc(Cl)c1)C(O)S(=O)(=O)O. The predicted octanol–water partition coefficient (Wildman–Crippen LogP) is 4.08. The molecule has 4 N–H and O–H groups in total. The third-order valence-corrected chi connectivity index (χ3v) is 8.99. The minimum absolute atomic E-state index is 0.0891. The maximum Gasteiger partial charge on any atom is 0.408 e. The molecule has 0 saturated heterocycles. The zero-order chi connectivity index (χ0) is 32.1. The van der Waals surface area contributed by atoms with Gasteiger partial charge in [-0.15, -0.1) is 0 Å². The maximum absolute atomic E-state index is 13.5. The van der Waals surface area contributed by atoms with Gasteiger partial charge < -0.3 is 25.4 Å². The van der Waals surface area contributed by atoms with Crippen molar-refractivity contribution in [1.29, 1.82) is 0 Å². The van der Waals surface area contributed by atoms with E-state index in [-0.39, 0.29) is 37.7 Å². The highest BCUT2D eigenvalue weighted by Crippen LogP contribution is 2.27. The predicted molar refractivity (Wildman–Crippen MR) is 166 cm³/mol. The molecule has 1 saturated carbocycles. The zero-order valence-corrected chi connectivity index (χ0v) is 26.4. The van der Waals surface area contributed by atoms with E-state index >= 15 is 0 Å². The highest BCUT2D eigenvalue weighted by Gasteiger charge is 2.35. The Hall–Kier alpha value is -3.19. The number of ether oxygens (including phenoxy) is 1. The van der Waals surface area contributed by atoms with Crippen molar-refractivity contribution in [2.75, 3.05) is 13.6 Å². The first-order valence-electron chi connectivity index (χ1n) is 14.8. The van der Waals surface area contributed by atoms with Crippen LogP contribution in [0.3, 0.4) is 0 Å². The number of hydrogen-bond acceptors (Lipinski definition) is 7. The Morgan fingerprint density at radius 2 is 1.70 bits per heavy atom. The van der Waals surface area contributed by atoms with E-state index in [1.807, 2.05) is 30.3 Å². The Morgan fingerprint density at radius 1 is 1.02 bits per heavy atom. The normalized spacial score (nSPS) is 15.9. The van der Waals surface area contributed by atoms with Gasteiger partial charge >= 0.3 is 6.09 Å². The number of likely N-dealkylation sites (N-methyl/N-ethyl adjacent to an activating group) is 1. The van der Waals surface area contributed by atoms with Crippen LogP contribution in [0.4, 0.5) is 4.79 Å². The first-order valence-corrected chi connectivity index (χ1v) is 16.7. The molecule has 1 fully saturated rings. The van der Waals surface area contributed by atoms with E-state index in [0.29, 0.717) is 23.6 Å². The second-order valence-electron chi connectivity index (χ2n) is 11.3. The first kappa shape index (κ1) is 35.3. The first-order chi connectivity index (χ1) is 20.9. The fourth-order valence-corrected chi connectivity index (χ4v) is 6.09. The van der Waals surface area contributed by atoms with Crippen LogP contribution in [0.2, 0.25) is 5.02 Å². The number of aliphatic hydroxyl groups is 1. The molecule has 3 atom stereocenters. The number of halogens is 1. The molecule has 0 aliphatic heterocycles. The number of rotatable bonds is 15. The standard InChI is InChI=1S/C31H42ClN3O8S/c1-35(18-17-22-9-4-2-5-10-22)28(36)16-15-26(30(38)44(40,41)42)33-29(37)27(20-23-11-6-3-7-12-23)34-31(39)43-21-24-13-8-14-25(32)19-24/h2,4-5,8-10,13-14,19,23,26-27,30,38H,3,6-7,11-12,15-18,20-21H2,1H3,(H,33,37)(H,34,39)(H,40,41,42)/t26-,27-,30?/m0/s1. The van der Waals surface area contributed by atoms with Crippen LogP contribution in [0, 0.1) is 5.92 Å². The van der Waals surface area contributed by atoms with Crippen LogP contribution < -0.4 is 10.6 Å². The highest BCUT2D eigenvalue weighted by molar-refractivity contribution is 7.86. The van der Waals surface area contributed by atoms with Gasteiger partial charge in [-0.1, -0.05) is 86.2 Å². The summed E-state index contributed by atoms with van der Waals surface area (Å²) in [5.41, 5.74) is -0.684. The number of nitrogens with one attached hydrogen (secondary N) is 2. The van der Waals surface area contributed by atoms with Crippen LogP contribution in [0.1, 0.15) is 62.5 Å². The lowest BCUT2D eigenvalue weighted by Crippen LogP contribution is -2.54. The van der Waals surface area contributed by atoms with Crippen molar-refractivity contribution in [2.24, 2.45) is 5.92 Å². The molecule has 0 heterocycles. The van der Waals surface area contributed by atoms with Gasteiger partial charge in [-0.2, -0.15) is 8.42 Å². The monoisotopic (exact) mass is 651 g/mol. The summed E-state index contributed by atoms with van der Waals surface area (Å²) < 4.78 is 38.6. The number of amides is 3. The van der Waals surface area contributed by atoms with E-state index in [1.54, 1.807) is 31.3 Å². The van der Waals surface area contributed by atoms with Crippen LogP contribution in [0.5, 0.6) is 0 Å². The van der Waals surface area contributed by atoms with Crippen LogP contribution >= 0.6 is 11.6 Å². The Kier molecular flexibility index (Phi) is 13.9. The van der Waals surface area contributed by atoms with Crippen LogP contribution in [0.25, 0.3) is 0 Å². The van der Waals surface area contributed by atoms with E-state index in [9.17, 15) is 32.5 Å². The summed E-state index contributed by atoms with van der Waals surface area (Å²) in [5.74, 6) is -0.949. The Bertz CT molecular complexity index is 1340. The van der Waals surface area contributed by atoms with E-state index in [0.717, 1.165) is 37.7 Å². The van der Waals surface area contributed by atoms with Gasteiger partial charge in [-0.05, 0) is 48.4 Å². The molecule has 242 valence electrons. The number of aliphatic hydroxyl groups excluding tert-OH is 1. The number of hydrogen-bond donors (Lipinski definition) is 4. The highest BCUT2D eigenvalue weighted by atomic mass is 35.5. The van der Waals surface area contributed by atoms with Crippen molar-refractivity contribution in [3.63, 3.8) is 0 Å². The molecular formula is C31H42ClN3O8S. The van der Waals surface area contributed by atoms with Gasteiger partial charge in [0, 0.05) is 25.0 Å². The van der Waals surface area contributed by atoms with Crippen molar-refractivity contribution >= 4 is 39.6 Å². The molecule has 2 aromatic carbocycles. The van der Waals surface area contributed by atoms with Gasteiger partial charge in [-0.25, -0.2) is 4.79 Å². The fraction of sp³-hybridized carbons (Fsp3) is 0.516. The minimum atomic E-state index is -4.99. The minimum Gasteiger partial charge on any atom is -0.445 e. The second-order valence-corrected chi connectivity index (χ2v) is 13.2. The molecule has 1 aliphatic carbocycles. The summed E-state index contributed by atoms with van der Waals surface area (Å²) in [6.07, 6.45) is 4.34. The van der Waals surface area contributed by atoms with Gasteiger partial charge in [0.15, 0.2) is 0 Å². The fourth-order valence-electron chi connectivity index (χ4n) is 5.26. The molecular weight excluding hydrogens is 610 g/mol. The lowest BCUT2D eigenvalue weighted by Gasteiger charge is -2.29. The van der Waals surface area contributed by atoms with Crippen molar-refractivity contribution in [1.82, 2.24) is 15.5 Å². The summed E-state index contributed by atoms with van der Waals surface area (Å²) in [7, 11) is -3.38. The van der Waals surface area contributed by atoms with E-state index in [1.165, 1.54) is 4.90 Å². The Morgan fingerprint density at radius 3 is 2.36 bits per heavy atom. The lowest BCUT2D eigenvalue weighted by atomic mass is 9.84. The molecule has 44 heavy (non-hydrogen) atoms. The lowest BCUT2D eigenvalue weighted by molar-refractivity contribution is -0.131. The van der Waals surface area contributed by atoms with Gasteiger partial charge in [0.25, 0.3) is 10.1 Å². The van der Waals surface area contributed by atoms with Crippen molar-refractivity contribution in [3.05, 3.63) is 70.7 Å². The molecule has 3 amide bonds. The molecule has 0 radical (unpaired) electrons. The molecule has 1 unspecified atom stereocenters. The summed E-state index contributed by atoms with van der Waals surface area (Å²) >= 11 is 5.99. The van der Waals surface area contributed by atoms with E-state index in [4.69, 9.17) is 16.3 Å². The van der Waals surface area contributed by atoms with Gasteiger partial charge in [0.05, 0.1) is 6.04 Å². The summed E-state index contributed by atoms with van der Waals surface area (Å²) in [4.78, 5) is 40.5. The van der Waals surface area contributed by atoms with Crippen molar-refractivity contribution in [2.45, 2.75) is 81.9 Å². The number of benzene rings is 2. The molecule has 13 heteroatoms. The van der Waals surface area contributed by atoms with E-state index < -0.39 is 39.6 Å². The molecule has 2 aromatic rings. The van der Waals surface area contributed by atoms with Crippen molar-refractivity contribution in [3.8, 4) is 0 Å². The summed E-state index contributed by atoms with van der Waals surface area (Å²) in [5, 5.41) is 15.9. The number of carbonyl (C=O) groups is 3. The Balaban J connectivity index is 1.65. The third-order valence-electron chi connectivity index (χ3n) is 7.81. The molecule has 1 aliphatic rings. The quantitative estimate of drug-likeness (QED) is 0.209. The largest absolute Gasteiger partial charge is 0.445 e. The summed E-state index contributed by atoms with van der Waals surface area (Å²) in [6.45, 7) is 0.319. The molecule has 0 aromatic heterocycles. The molecule has 11 nitrogen and oxygen atoms in total.